The summed E-state index contributed by atoms with van der Waals surface area (Å²) >= 11 is 0. The molecule has 1 heterocycles. The number of alkyl halides is 3. The maximum atomic E-state index is 12.7. The Bertz CT molecular complexity index is 936. The Hall–Kier alpha value is -3.30. The number of aromatic nitrogens is 1. The molecule has 7 nitrogen and oxygen atoms in total. The number of esters is 1. The lowest BCUT2D eigenvalue weighted by molar-refractivity contribution is -0.144. The molecule has 0 bridgehead atoms. The average Bonchev–Trinajstić information content (AvgIpc) is 2.66. The van der Waals surface area contributed by atoms with E-state index in [-0.39, 0.29) is 11.3 Å². The predicted octanol–water partition coefficient (Wildman–Crippen LogP) is 2.31. The van der Waals surface area contributed by atoms with E-state index in [1.165, 1.54) is 32.4 Å². The summed E-state index contributed by atoms with van der Waals surface area (Å²) in [4.78, 5) is 35.7. The fourth-order valence-corrected chi connectivity index (χ4v) is 2.26. The van der Waals surface area contributed by atoms with Crippen molar-refractivity contribution in [1.29, 1.82) is 0 Å². The van der Waals surface area contributed by atoms with Gasteiger partial charge in [0.15, 0.2) is 6.61 Å². The van der Waals surface area contributed by atoms with Crippen LogP contribution in [0.5, 0.6) is 11.5 Å². The number of carbonyl (C=O) groups is 2. The summed E-state index contributed by atoms with van der Waals surface area (Å²) in [6.07, 6.45) is -4.15. The van der Waals surface area contributed by atoms with Gasteiger partial charge in [0.25, 0.3) is 5.56 Å². The second-order valence-electron chi connectivity index (χ2n) is 5.53. The molecule has 150 valence electrons. The molecule has 0 aliphatic heterocycles. The van der Waals surface area contributed by atoms with Gasteiger partial charge in [-0.25, -0.2) is 0 Å². The van der Waals surface area contributed by atoms with Crippen molar-refractivity contribution in [2.24, 2.45) is 0 Å². The first-order chi connectivity index (χ1) is 13.2. The molecule has 28 heavy (non-hydrogen) atoms. The van der Waals surface area contributed by atoms with Crippen molar-refractivity contribution in [3.8, 4) is 11.5 Å². The van der Waals surface area contributed by atoms with Crippen molar-refractivity contribution in [2.45, 2.75) is 12.7 Å². The van der Waals surface area contributed by atoms with Gasteiger partial charge in [-0.1, -0.05) is 0 Å². The van der Waals surface area contributed by atoms with Crippen molar-refractivity contribution >= 4 is 11.8 Å². The molecule has 0 aliphatic rings. The third-order valence-corrected chi connectivity index (χ3v) is 3.68. The quantitative estimate of drug-likeness (QED) is 0.525. The van der Waals surface area contributed by atoms with Crippen LogP contribution in [-0.2, 0) is 22.3 Å². The summed E-state index contributed by atoms with van der Waals surface area (Å²) in [6, 6.07) is 5.72. The van der Waals surface area contributed by atoms with Gasteiger partial charge in [0.2, 0.25) is 5.78 Å². The van der Waals surface area contributed by atoms with Gasteiger partial charge in [0, 0.05) is 18.3 Å². The Morgan fingerprint density at radius 3 is 2.39 bits per heavy atom. The SMILES string of the molecule is COc1ccc(C(=O)COC(=O)Cn2cc(C(F)(F)F)ccc2=O)c(OC)c1. The Morgan fingerprint density at radius 2 is 1.79 bits per heavy atom. The van der Waals surface area contributed by atoms with Crippen LogP contribution in [0.1, 0.15) is 15.9 Å². The zero-order valence-corrected chi connectivity index (χ0v) is 14.9. The number of ether oxygens (including phenoxy) is 3. The highest BCUT2D eigenvalue weighted by atomic mass is 19.4. The minimum atomic E-state index is -4.67. The van der Waals surface area contributed by atoms with Gasteiger partial charge in [0.1, 0.15) is 18.0 Å². The summed E-state index contributed by atoms with van der Waals surface area (Å²) in [7, 11) is 2.78. The monoisotopic (exact) mass is 399 g/mol. The molecule has 1 aromatic heterocycles. The third-order valence-electron chi connectivity index (χ3n) is 3.68. The van der Waals surface area contributed by atoms with Crippen LogP contribution in [0, 0.1) is 0 Å². The zero-order valence-electron chi connectivity index (χ0n) is 14.9. The van der Waals surface area contributed by atoms with Crippen LogP contribution in [0.15, 0.2) is 41.3 Å². The van der Waals surface area contributed by atoms with Crippen molar-refractivity contribution in [3.05, 3.63) is 58.0 Å². The molecule has 0 radical (unpaired) electrons. The number of Topliss-reactive ketones (excluding diaryl/α,β-unsaturated/α-hetero) is 1. The molecular formula is C18H16F3NO6. The Labute approximate surface area is 157 Å². The predicted molar refractivity (Wildman–Crippen MR) is 90.5 cm³/mol. The minimum absolute atomic E-state index is 0.132. The summed E-state index contributed by atoms with van der Waals surface area (Å²) < 4.78 is 53.6. The van der Waals surface area contributed by atoms with E-state index in [1.54, 1.807) is 0 Å². The molecule has 0 saturated heterocycles. The number of rotatable bonds is 7. The maximum Gasteiger partial charge on any atom is 0.417 e. The molecule has 1 aromatic carbocycles. The van der Waals surface area contributed by atoms with Crippen molar-refractivity contribution in [1.82, 2.24) is 4.57 Å². The average molecular weight is 399 g/mol. The highest BCUT2D eigenvalue weighted by Crippen LogP contribution is 2.28. The highest BCUT2D eigenvalue weighted by Gasteiger charge is 2.31. The van der Waals surface area contributed by atoms with E-state index in [9.17, 15) is 27.6 Å². The van der Waals surface area contributed by atoms with Gasteiger partial charge in [0.05, 0.1) is 25.3 Å². The number of carbonyl (C=O) groups excluding carboxylic acids is 2. The molecule has 0 N–H and O–H groups in total. The van der Waals surface area contributed by atoms with E-state index in [4.69, 9.17) is 14.2 Å². The summed E-state index contributed by atoms with van der Waals surface area (Å²) in [5.41, 5.74) is -1.76. The first-order valence-corrected chi connectivity index (χ1v) is 7.84. The molecule has 0 atom stereocenters. The molecule has 0 amide bonds. The highest BCUT2D eigenvalue weighted by molar-refractivity contribution is 6.00. The maximum absolute atomic E-state index is 12.7. The van der Waals surface area contributed by atoms with E-state index in [2.05, 4.69) is 0 Å². The van der Waals surface area contributed by atoms with Gasteiger partial charge in [-0.15, -0.1) is 0 Å². The molecule has 10 heteroatoms. The fourth-order valence-electron chi connectivity index (χ4n) is 2.26. The Kier molecular flexibility index (Phi) is 6.45. The van der Waals surface area contributed by atoms with Gasteiger partial charge >= 0.3 is 12.1 Å². The van der Waals surface area contributed by atoms with Crippen LogP contribution in [0.4, 0.5) is 13.2 Å². The number of halogens is 3. The number of pyridine rings is 1. The number of benzene rings is 1. The molecule has 2 aromatic rings. The van der Waals surface area contributed by atoms with Gasteiger partial charge in [-0.05, 0) is 18.2 Å². The zero-order chi connectivity index (χ0) is 20.9. The minimum Gasteiger partial charge on any atom is -0.497 e. The smallest absolute Gasteiger partial charge is 0.417 e. The third kappa shape index (κ3) is 5.12. The first kappa shape index (κ1) is 21.0. The summed E-state index contributed by atoms with van der Waals surface area (Å²) in [5.74, 6) is -0.977. The number of hydrogen-bond donors (Lipinski definition) is 0. The molecule has 0 spiro atoms. The van der Waals surface area contributed by atoms with Gasteiger partial charge in [-0.3, -0.25) is 14.4 Å². The molecule has 0 saturated carbocycles. The summed E-state index contributed by atoms with van der Waals surface area (Å²) in [5, 5.41) is 0. The number of nitrogens with zero attached hydrogens (tertiary/aromatic N) is 1. The van der Waals surface area contributed by atoms with E-state index in [0.717, 1.165) is 0 Å². The Balaban J connectivity index is 2.05. The van der Waals surface area contributed by atoms with E-state index >= 15 is 0 Å². The van der Waals surface area contributed by atoms with Crippen LogP contribution < -0.4 is 15.0 Å². The number of methoxy groups -OCH3 is 2. The van der Waals surface area contributed by atoms with Crippen LogP contribution >= 0.6 is 0 Å². The van der Waals surface area contributed by atoms with E-state index in [1.807, 2.05) is 0 Å². The van der Waals surface area contributed by atoms with Gasteiger partial charge < -0.3 is 18.8 Å². The summed E-state index contributed by atoms with van der Waals surface area (Å²) in [6.45, 7) is -1.44. The van der Waals surface area contributed by atoms with Crippen LogP contribution in [-0.4, -0.2) is 37.1 Å². The van der Waals surface area contributed by atoms with Crippen molar-refractivity contribution < 1.29 is 37.0 Å². The Morgan fingerprint density at radius 1 is 1.07 bits per heavy atom. The lowest BCUT2D eigenvalue weighted by Crippen LogP contribution is -2.27. The van der Waals surface area contributed by atoms with E-state index in [0.29, 0.717) is 28.6 Å². The molecule has 2 rings (SSSR count). The second-order valence-corrected chi connectivity index (χ2v) is 5.53. The van der Waals surface area contributed by atoms with Crippen LogP contribution in [0.2, 0.25) is 0 Å². The first-order valence-electron chi connectivity index (χ1n) is 7.84. The second kappa shape index (κ2) is 8.59. The van der Waals surface area contributed by atoms with Crippen LogP contribution in [0.25, 0.3) is 0 Å². The molecule has 0 fully saturated rings. The fraction of sp³-hybridized carbons (Fsp3) is 0.278. The number of hydrogen-bond acceptors (Lipinski definition) is 6. The molecule has 0 unspecified atom stereocenters. The lowest BCUT2D eigenvalue weighted by atomic mass is 10.1. The number of ketones is 1. The van der Waals surface area contributed by atoms with Gasteiger partial charge in [-0.2, -0.15) is 13.2 Å². The largest absolute Gasteiger partial charge is 0.497 e. The van der Waals surface area contributed by atoms with E-state index < -0.39 is 42.2 Å². The van der Waals surface area contributed by atoms with Crippen LogP contribution in [0.3, 0.4) is 0 Å². The standard InChI is InChI=1S/C18H16F3NO6/c1-26-12-4-5-13(15(7-12)27-2)14(23)10-28-17(25)9-22-8-11(18(19,20)21)3-6-16(22)24/h3-8H,9-10H2,1-2H3. The lowest BCUT2D eigenvalue weighted by Gasteiger charge is -2.11. The van der Waals surface area contributed by atoms with Crippen molar-refractivity contribution in [2.75, 3.05) is 20.8 Å². The molecule has 0 aliphatic carbocycles. The van der Waals surface area contributed by atoms with Crippen molar-refractivity contribution in [3.63, 3.8) is 0 Å². The normalized spacial score (nSPS) is 11.0. The topological polar surface area (TPSA) is 83.8 Å². The molecular weight excluding hydrogens is 383 g/mol.